The Hall–Kier alpha value is -2.38. The highest BCUT2D eigenvalue weighted by molar-refractivity contribution is 7.92. The molecule has 2 aromatic rings. The molecule has 3 rings (SSSR count). The van der Waals surface area contributed by atoms with Crippen LogP contribution in [0.2, 0.25) is 0 Å². The second-order valence-electron chi connectivity index (χ2n) is 6.05. The Morgan fingerprint density at radius 3 is 2.38 bits per heavy atom. The summed E-state index contributed by atoms with van der Waals surface area (Å²) in [5.74, 6) is -0.201. The van der Waals surface area contributed by atoms with E-state index >= 15 is 0 Å². The van der Waals surface area contributed by atoms with E-state index in [0.29, 0.717) is 31.9 Å². The van der Waals surface area contributed by atoms with Crippen LogP contribution in [0.4, 0.5) is 5.69 Å². The first kappa shape index (κ1) is 18.4. The number of hydrogen-bond acceptors (Lipinski definition) is 4. The van der Waals surface area contributed by atoms with E-state index < -0.39 is 10.0 Å². The van der Waals surface area contributed by atoms with Crippen molar-refractivity contribution in [2.24, 2.45) is 0 Å². The van der Waals surface area contributed by atoms with E-state index in [1.165, 1.54) is 0 Å². The number of para-hydroxylation sites is 1. The molecule has 1 amide bonds. The summed E-state index contributed by atoms with van der Waals surface area (Å²) >= 11 is 0. The SMILES string of the molecule is CCc1ccc(S(=O)(=O)Nc2ccccc2C(=O)N2CCOCC2)cc1. The monoisotopic (exact) mass is 374 g/mol. The Bertz CT molecular complexity index is 873. The number of amides is 1. The molecule has 0 bridgehead atoms. The van der Waals surface area contributed by atoms with Crippen LogP contribution in [0, 0.1) is 0 Å². The molecule has 1 fully saturated rings. The molecule has 7 heteroatoms. The van der Waals surface area contributed by atoms with Crippen LogP contribution in [0.1, 0.15) is 22.8 Å². The summed E-state index contributed by atoms with van der Waals surface area (Å²) in [7, 11) is -3.77. The topological polar surface area (TPSA) is 75.7 Å². The molecule has 1 heterocycles. The van der Waals surface area contributed by atoms with Crippen LogP contribution in [-0.4, -0.2) is 45.5 Å². The number of sulfonamides is 1. The Balaban J connectivity index is 1.86. The number of nitrogens with one attached hydrogen (secondary N) is 1. The van der Waals surface area contributed by atoms with Gasteiger partial charge in [0.15, 0.2) is 0 Å². The Labute approximate surface area is 153 Å². The zero-order chi connectivity index (χ0) is 18.6. The van der Waals surface area contributed by atoms with E-state index in [2.05, 4.69) is 4.72 Å². The second-order valence-corrected chi connectivity index (χ2v) is 7.74. The molecule has 138 valence electrons. The first-order valence-electron chi connectivity index (χ1n) is 8.59. The number of ether oxygens (including phenoxy) is 1. The van der Waals surface area contributed by atoms with Crippen molar-refractivity contribution in [3.05, 3.63) is 59.7 Å². The summed E-state index contributed by atoms with van der Waals surface area (Å²) < 4.78 is 33.2. The van der Waals surface area contributed by atoms with Gasteiger partial charge in [-0.3, -0.25) is 9.52 Å². The third kappa shape index (κ3) is 4.05. The van der Waals surface area contributed by atoms with Crippen molar-refractivity contribution in [3.63, 3.8) is 0 Å². The Morgan fingerprint density at radius 1 is 1.08 bits per heavy atom. The fraction of sp³-hybridized carbons (Fsp3) is 0.316. The van der Waals surface area contributed by atoms with Crippen molar-refractivity contribution in [3.8, 4) is 0 Å². The predicted octanol–water partition coefficient (Wildman–Crippen LogP) is 2.52. The smallest absolute Gasteiger partial charge is 0.261 e. The first-order chi connectivity index (χ1) is 12.5. The lowest BCUT2D eigenvalue weighted by molar-refractivity contribution is 0.0303. The summed E-state index contributed by atoms with van der Waals surface area (Å²) in [4.78, 5) is 14.6. The highest BCUT2D eigenvalue weighted by Crippen LogP contribution is 2.22. The largest absolute Gasteiger partial charge is 0.378 e. The number of morpholine rings is 1. The summed E-state index contributed by atoms with van der Waals surface area (Å²) in [6, 6.07) is 13.4. The summed E-state index contributed by atoms with van der Waals surface area (Å²) in [6.45, 7) is 3.98. The number of carbonyl (C=O) groups excluding carboxylic acids is 1. The van der Waals surface area contributed by atoms with Crippen LogP contribution in [0.25, 0.3) is 0 Å². The Morgan fingerprint density at radius 2 is 1.73 bits per heavy atom. The van der Waals surface area contributed by atoms with Gasteiger partial charge < -0.3 is 9.64 Å². The predicted molar refractivity (Wildman–Crippen MR) is 99.8 cm³/mol. The molecule has 0 aromatic heterocycles. The number of carbonyl (C=O) groups is 1. The van der Waals surface area contributed by atoms with Crippen molar-refractivity contribution in [2.45, 2.75) is 18.2 Å². The lowest BCUT2D eigenvalue weighted by Gasteiger charge is -2.27. The summed E-state index contributed by atoms with van der Waals surface area (Å²) in [6.07, 6.45) is 0.838. The average molecular weight is 374 g/mol. The van der Waals surface area contributed by atoms with E-state index in [0.717, 1.165) is 12.0 Å². The minimum atomic E-state index is -3.77. The van der Waals surface area contributed by atoms with E-state index in [1.54, 1.807) is 53.4 Å². The third-order valence-electron chi connectivity index (χ3n) is 4.34. The zero-order valence-corrected chi connectivity index (χ0v) is 15.5. The minimum Gasteiger partial charge on any atom is -0.378 e. The molecule has 1 aliphatic rings. The molecule has 1 N–H and O–H groups in total. The van der Waals surface area contributed by atoms with Gasteiger partial charge in [-0.25, -0.2) is 8.42 Å². The Kier molecular flexibility index (Phi) is 5.58. The van der Waals surface area contributed by atoms with Crippen molar-refractivity contribution in [1.82, 2.24) is 4.90 Å². The number of benzene rings is 2. The van der Waals surface area contributed by atoms with Crippen LogP contribution in [-0.2, 0) is 21.2 Å². The number of aryl methyl sites for hydroxylation is 1. The molecule has 2 aromatic carbocycles. The number of anilines is 1. The van der Waals surface area contributed by atoms with Crippen molar-refractivity contribution in [2.75, 3.05) is 31.0 Å². The molecule has 0 saturated carbocycles. The van der Waals surface area contributed by atoms with Gasteiger partial charge in [-0.1, -0.05) is 31.2 Å². The molecule has 26 heavy (non-hydrogen) atoms. The highest BCUT2D eigenvalue weighted by Gasteiger charge is 2.23. The molecule has 6 nitrogen and oxygen atoms in total. The van der Waals surface area contributed by atoms with E-state index in [-0.39, 0.29) is 16.5 Å². The van der Waals surface area contributed by atoms with Crippen LogP contribution >= 0.6 is 0 Å². The minimum absolute atomic E-state index is 0.170. The van der Waals surface area contributed by atoms with Crippen molar-refractivity contribution < 1.29 is 17.9 Å². The maximum Gasteiger partial charge on any atom is 0.261 e. The number of nitrogens with zero attached hydrogens (tertiary/aromatic N) is 1. The zero-order valence-electron chi connectivity index (χ0n) is 14.6. The fourth-order valence-corrected chi connectivity index (χ4v) is 3.88. The summed E-state index contributed by atoms with van der Waals surface area (Å²) in [5.41, 5.74) is 1.68. The van der Waals surface area contributed by atoms with E-state index in [4.69, 9.17) is 4.74 Å². The van der Waals surface area contributed by atoms with Gasteiger partial charge in [-0.2, -0.15) is 0 Å². The lowest BCUT2D eigenvalue weighted by Crippen LogP contribution is -2.41. The van der Waals surface area contributed by atoms with Crippen LogP contribution in [0.3, 0.4) is 0 Å². The molecular weight excluding hydrogens is 352 g/mol. The van der Waals surface area contributed by atoms with Gasteiger partial charge in [-0.05, 0) is 36.2 Å². The lowest BCUT2D eigenvalue weighted by atomic mass is 10.1. The molecular formula is C19H22N2O4S. The van der Waals surface area contributed by atoms with Crippen molar-refractivity contribution in [1.29, 1.82) is 0 Å². The van der Waals surface area contributed by atoms with Crippen LogP contribution < -0.4 is 4.72 Å². The molecule has 0 radical (unpaired) electrons. The normalized spacial score (nSPS) is 14.9. The fourth-order valence-electron chi connectivity index (χ4n) is 2.80. The van der Waals surface area contributed by atoms with Gasteiger partial charge in [0, 0.05) is 13.1 Å². The maximum atomic E-state index is 12.8. The van der Waals surface area contributed by atoms with Gasteiger partial charge in [-0.15, -0.1) is 0 Å². The molecule has 0 spiro atoms. The quantitative estimate of drug-likeness (QED) is 0.873. The molecule has 1 aliphatic heterocycles. The molecule has 0 atom stereocenters. The van der Waals surface area contributed by atoms with Gasteiger partial charge in [0.2, 0.25) is 0 Å². The van der Waals surface area contributed by atoms with Crippen LogP contribution in [0.5, 0.6) is 0 Å². The molecule has 0 aliphatic carbocycles. The summed E-state index contributed by atoms with van der Waals surface area (Å²) in [5, 5.41) is 0. The van der Waals surface area contributed by atoms with Gasteiger partial charge in [0.1, 0.15) is 0 Å². The average Bonchev–Trinajstić information content (AvgIpc) is 2.68. The highest BCUT2D eigenvalue weighted by atomic mass is 32.2. The molecule has 0 unspecified atom stereocenters. The first-order valence-corrected chi connectivity index (χ1v) is 10.1. The van der Waals surface area contributed by atoms with Crippen molar-refractivity contribution >= 4 is 21.6 Å². The molecule has 1 saturated heterocycles. The standard InChI is InChI=1S/C19H22N2O4S/c1-2-15-7-9-16(10-8-15)26(23,24)20-18-6-4-3-5-17(18)19(22)21-11-13-25-14-12-21/h3-10,20H,2,11-14H2,1H3. The maximum absolute atomic E-state index is 12.8. The van der Waals surface area contributed by atoms with E-state index in [1.807, 2.05) is 6.92 Å². The van der Waals surface area contributed by atoms with Gasteiger partial charge in [0.25, 0.3) is 15.9 Å². The third-order valence-corrected chi connectivity index (χ3v) is 5.72. The van der Waals surface area contributed by atoms with Crippen LogP contribution in [0.15, 0.2) is 53.4 Å². The van der Waals surface area contributed by atoms with Gasteiger partial charge >= 0.3 is 0 Å². The number of rotatable bonds is 5. The second kappa shape index (κ2) is 7.88. The number of hydrogen-bond donors (Lipinski definition) is 1. The van der Waals surface area contributed by atoms with E-state index in [9.17, 15) is 13.2 Å². The van der Waals surface area contributed by atoms with Gasteiger partial charge in [0.05, 0.1) is 29.4 Å².